The zero-order valence-corrected chi connectivity index (χ0v) is 16.3. The van der Waals surface area contributed by atoms with Crippen molar-refractivity contribution in [2.45, 2.75) is 76.7 Å². The van der Waals surface area contributed by atoms with Gasteiger partial charge in [0.1, 0.15) is 0 Å². The summed E-state index contributed by atoms with van der Waals surface area (Å²) in [5.41, 5.74) is 0.849. The molecule has 1 aromatic rings. The van der Waals surface area contributed by atoms with E-state index >= 15 is 0 Å². The van der Waals surface area contributed by atoms with E-state index in [1.807, 2.05) is 17.3 Å². The Balaban J connectivity index is 1.32. The second-order valence-corrected chi connectivity index (χ2v) is 8.70. The molecule has 1 spiro atoms. The monoisotopic (exact) mass is 372 g/mol. The van der Waals surface area contributed by atoms with Gasteiger partial charge in [-0.05, 0) is 50.5 Å². The lowest BCUT2D eigenvalue weighted by molar-refractivity contribution is -0.149. The summed E-state index contributed by atoms with van der Waals surface area (Å²) >= 11 is 0. The number of rotatable bonds is 5. The summed E-state index contributed by atoms with van der Waals surface area (Å²) in [5, 5.41) is 6.76. The van der Waals surface area contributed by atoms with E-state index in [0.29, 0.717) is 24.9 Å². The van der Waals surface area contributed by atoms with Crippen molar-refractivity contribution in [2.24, 2.45) is 5.41 Å². The van der Waals surface area contributed by atoms with Crippen LogP contribution in [0.4, 0.5) is 0 Å². The van der Waals surface area contributed by atoms with Gasteiger partial charge >= 0.3 is 0 Å². The maximum atomic E-state index is 13.4. The van der Waals surface area contributed by atoms with Gasteiger partial charge in [0.05, 0.1) is 11.6 Å². The Morgan fingerprint density at radius 1 is 1.19 bits per heavy atom. The summed E-state index contributed by atoms with van der Waals surface area (Å²) in [6.45, 7) is 2.30. The van der Waals surface area contributed by atoms with Gasteiger partial charge in [0, 0.05) is 38.3 Å². The van der Waals surface area contributed by atoms with Gasteiger partial charge in [-0.15, -0.1) is 0 Å². The molecular formula is C21H32N4O2. The van der Waals surface area contributed by atoms with Crippen LogP contribution in [0.5, 0.6) is 0 Å². The number of hydrogen-bond acceptors (Lipinski definition) is 3. The lowest BCUT2D eigenvalue weighted by atomic mass is 9.77. The Morgan fingerprint density at radius 2 is 2.04 bits per heavy atom. The van der Waals surface area contributed by atoms with Crippen LogP contribution >= 0.6 is 0 Å². The van der Waals surface area contributed by atoms with Gasteiger partial charge in [0.25, 0.3) is 0 Å². The van der Waals surface area contributed by atoms with Gasteiger partial charge in [0.2, 0.25) is 11.8 Å². The Morgan fingerprint density at radius 3 is 2.81 bits per heavy atom. The smallest absolute Gasteiger partial charge is 0.230 e. The second kappa shape index (κ2) is 8.03. The third-order valence-electron chi connectivity index (χ3n) is 6.90. The number of likely N-dealkylation sites (tertiary alicyclic amines) is 2. The molecule has 1 N–H and O–H groups in total. The minimum atomic E-state index is -0.296. The number of nitrogens with zero attached hydrogens (tertiary/aromatic N) is 3. The summed E-state index contributed by atoms with van der Waals surface area (Å²) in [7, 11) is 0. The molecule has 2 aliphatic heterocycles. The molecule has 2 amide bonds. The number of nitrogens with one attached hydrogen (secondary N) is 1. The summed E-state index contributed by atoms with van der Waals surface area (Å²) < 4.78 is 0. The predicted octanol–water partition coefficient (Wildman–Crippen LogP) is 2.91. The molecule has 0 bridgehead atoms. The predicted molar refractivity (Wildman–Crippen MR) is 103 cm³/mol. The highest BCUT2D eigenvalue weighted by molar-refractivity contribution is 5.86. The van der Waals surface area contributed by atoms with Gasteiger partial charge in [-0.2, -0.15) is 5.10 Å². The van der Waals surface area contributed by atoms with E-state index in [1.54, 1.807) is 0 Å². The number of H-pyrrole nitrogens is 1. The van der Waals surface area contributed by atoms with E-state index in [0.717, 1.165) is 50.8 Å². The lowest BCUT2D eigenvalue weighted by Gasteiger charge is -2.44. The van der Waals surface area contributed by atoms with Crippen molar-refractivity contribution in [3.63, 3.8) is 0 Å². The minimum Gasteiger partial charge on any atom is -0.342 e. The largest absolute Gasteiger partial charge is 0.342 e. The van der Waals surface area contributed by atoms with E-state index < -0.39 is 0 Å². The quantitative estimate of drug-likeness (QED) is 0.864. The topological polar surface area (TPSA) is 69.3 Å². The molecule has 3 fully saturated rings. The molecule has 6 heteroatoms. The van der Waals surface area contributed by atoms with Gasteiger partial charge in [0.15, 0.2) is 0 Å². The van der Waals surface area contributed by atoms with Crippen molar-refractivity contribution in [3.05, 3.63) is 18.0 Å². The molecule has 4 rings (SSSR count). The molecule has 0 aromatic carbocycles. The van der Waals surface area contributed by atoms with Crippen molar-refractivity contribution >= 4 is 11.8 Å². The standard InChI is InChI=1S/C21H32N4O2/c26-19(9-4-6-17-14-22-23-15-17)24-13-11-21(16-24)10-5-12-25(20(21)27)18-7-2-1-3-8-18/h14-15,18H,1-13,16H2,(H,22,23)/t21-/m0/s1. The Bertz CT molecular complexity index is 653. The number of aryl methyl sites for hydroxylation is 1. The molecule has 0 radical (unpaired) electrons. The van der Waals surface area contributed by atoms with Crippen molar-refractivity contribution in [2.75, 3.05) is 19.6 Å². The van der Waals surface area contributed by atoms with Crippen molar-refractivity contribution in [1.29, 1.82) is 0 Å². The van der Waals surface area contributed by atoms with E-state index in [-0.39, 0.29) is 11.3 Å². The molecule has 27 heavy (non-hydrogen) atoms. The molecule has 2 saturated heterocycles. The number of hydrogen-bond donors (Lipinski definition) is 1. The first kappa shape index (κ1) is 18.5. The van der Waals surface area contributed by atoms with Crippen LogP contribution < -0.4 is 0 Å². The summed E-state index contributed by atoms with van der Waals surface area (Å²) in [6, 6.07) is 0.447. The van der Waals surface area contributed by atoms with Gasteiger partial charge in [-0.3, -0.25) is 14.7 Å². The zero-order valence-electron chi connectivity index (χ0n) is 16.3. The summed E-state index contributed by atoms with van der Waals surface area (Å²) in [4.78, 5) is 30.2. The summed E-state index contributed by atoms with van der Waals surface area (Å²) in [6.07, 6.45) is 15.0. The van der Waals surface area contributed by atoms with Crippen LogP contribution in [0.3, 0.4) is 0 Å². The first-order chi connectivity index (χ1) is 13.2. The fourth-order valence-corrected chi connectivity index (χ4v) is 5.32. The van der Waals surface area contributed by atoms with Crippen molar-refractivity contribution in [3.8, 4) is 0 Å². The zero-order chi connectivity index (χ0) is 18.7. The number of aromatic amines is 1. The maximum Gasteiger partial charge on any atom is 0.230 e. The SMILES string of the molecule is O=C(CCCc1cn[nH]c1)N1CC[C@@]2(CCCN(C3CCCCC3)C2=O)C1. The number of carbonyl (C=O) groups excluding carboxylic acids is 2. The maximum absolute atomic E-state index is 13.4. The van der Waals surface area contributed by atoms with Crippen LogP contribution in [0.25, 0.3) is 0 Å². The van der Waals surface area contributed by atoms with Gasteiger partial charge in [-0.1, -0.05) is 19.3 Å². The first-order valence-corrected chi connectivity index (χ1v) is 10.7. The normalized spacial score (nSPS) is 26.9. The van der Waals surface area contributed by atoms with Crippen LogP contribution in [0.15, 0.2) is 12.4 Å². The third-order valence-corrected chi connectivity index (χ3v) is 6.90. The molecule has 1 atom stereocenters. The fourth-order valence-electron chi connectivity index (χ4n) is 5.32. The van der Waals surface area contributed by atoms with Crippen LogP contribution in [-0.4, -0.2) is 57.5 Å². The molecule has 148 valence electrons. The average Bonchev–Trinajstić information content (AvgIpc) is 3.36. The molecule has 3 aliphatic rings. The Kier molecular flexibility index (Phi) is 5.50. The average molecular weight is 373 g/mol. The molecule has 3 heterocycles. The molecule has 1 aliphatic carbocycles. The Hall–Kier alpha value is -1.85. The highest BCUT2D eigenvalue weighted by Crippen LogP contribution is 2.42. The molecule has 0 unspecified atom stereocenters. The first-order valence-electron chi connectivity index (χ1n) is 10.7. The van der Waals surface area contributed by atoms with E-state index in [9.17, 15) is 9.59 Å². The third kappa shape index (κ3) is 3.90. The van der Waals surface area contributed by atoms with E-state index in [4.69, 9.17) is 0 Å². The van der Waals surface area contributed by atoms with E-state index in [2.05, 4.69) is 15.1 Å². The number of carbonyl (C=O) groups is 2. The van der Waals surface area contributed by atoms with Crippen LogP contribution in [-0.2, 0) is 16.0 Å². The highest BCUT2D eigenvalue weighted by atomic mass is 16.2. The van der Waals surface area contributed by atoms with E-state index in [1.165, 1.54) is 32.1 Å². The highest BCUT2D eigenvalue weighted by Gasteiger charge is 2.50. The summed E-state index contributed by atoms with van der Waals surface area (Å²) in [5.74, 6) is 0.548. The second-order valence-electron chi connectivity index (χ2n) is 8.70. The molecule has 1 saturated carbocycles. The molecule has 1 aromatic heterocycles. The van der Waals surface area contributed by atoms with Gasteiger partial charge < -0.3 is 9.80 Å². The van der Waals surface area contributed by atoms with Crippen molar-refractivity contribution in [1.82, 2.24) is 20.0 Å². The molecular weight excluding hydrogens is 340 g/mol. The van der Waals surface area contributed by atoms with Gasteiger partial charge in [-0.25, -0.2) is 0 Å². The number of amides is 2. The fraction of sp³-hybridized carbons (Fsp3) is 0.762. The number of aromatic nitrogens is 2. The number of piperidine rings is 1. The van der Waals surface area contributed by atoms with Crippen LogP contribution in [0.2, 0.25) is 0 Å². The minimum absolute atomic E-state index is 0.206. The van der Waals surface area contributed by atoms with Crippen molar-refractivity contribution < 1.29 is 9.59 Å². The van der Waals surface area contributed by atoms with Crippen LogP contribution in [0, 0.1) is 5.41 Å². The Labute approximate surface area is 161 Å². The lowest BCUT2D eigenvalue weighted by Crippen LogP contribution is -2.54. The van der Waals surface area contributed by atoms with Crippen LogP contribution in [0.1, 0.15) is 69.8 Å². The molecule has 6 nitrogen and oxygen atoms in total.